The number of aryl methyl sites for hydroxylation is 1. The molecule has 0 unspecified atom stereocenters. The number of rotatable bonds is 5. The van der Waals surface area contributed by atoms with Gasteiger partial charge in [0.25, 0.3) is 5.56 Å². The number of allylic oxidation sites excluding steroid dienone is 4. The molecular weight excluding hydrogens is 490 g/mol. The molecule has 0 aliphatic heterocycles. The molecule has 0 saturated carbocycles. The Morgan fingerprint density at radius 2 is 1.73 bits per heavy atom. The van der Waals surface area contributed by atoms with Crippen LogP contribution in [0, 0.1) is 0 Å². The Morgan fingerprint density at radius 3 is 2.62 bits per heavy atom. The second kappa shape index (κ2) is 11.8. The summed E-state index contributed by atoms with van der Waals surface area (Å²) in [5.74, 6) is 0. The van der Waals surface area contributed by atoms with Gasteiger partial charge in [0, 0.05) is 17.3 Å². The summed E-state index contributed by atoms with van der Waals surface area (Å²) in [5, 5.41) is 13.9. The minimum Gasteiger partial charge on any atom is -0.313 e. The maximum atomic E-state index is 11.1. The first kappa shape index (κ1) is 26.0. The topological polar surface area (TPSA) is 57.8 Å². The second-order valence-electron chi connectivity index (χ2n) is 10.6. The Balaban J connectivity index is 0.000000219. The number of H-pyrrole nitrogens is 1. The summed E-state index contributed by atoms with van der Waals surface area (Å²) in [4.78, 5) is 11.1. The fourth-order valence-electron chi connectivity index (χ4n) is 6.10. The molecule has 2 aliphatic rings. The van der Waals surface area contributed by atoms with Gasteiger partial charge in [0.1, 0.15) is 0 Å². The fourth-order valence-corrected chi connectivity index (χ4v) is 6.10. The van der Waals surface area contributed by atoms with Gasteiger partial charge >= 0.3 is 0 Å². The van der Waals surface area contributed by atoms with Crippen LogP contribution in [0.25, 0.3) is 27.1 Å². The minimum absolute atomic E-state index is 0.136. The van der Waals surface area contributed by atoms with Gasteiger partial charge in [-0.1, -0.05) is 97.4 Å². The summed E-state index contributed by atoms with van der Waals surface area (Å²) in [6, 6.07) is 27.9. The number of aromatic amines is 1. The van der Waals surface area contributed by atoms with Crippen LogP contribution in [-0.2, 0) is 19.4 Å². The zero-order chi connectivity index (χ0) is 27.3. The largest absolute Gasteiger partial charge is 0.313 e. The Labute approximate surface area is 235 Å². The van der Waals surface area contributed by atoms with Gasteiger partial charge in [0.15, 0.2) is 0 Å². The van der Waals surface area contributed by atoms with E-state index in [9.17, 15) is 4.79 Å². The predicted molar refractivity (Wildman–Crippen MR) is 167 cm³/mol. The third-order valence-electron chi connectivity index (χ3n) is 8.02. The maximum Gasteiger partial charge on any atom is 0.272 e. The van der Waals surface area contributed by atoms with E-state index in [1.165, 1.54) is 64.3 Å². The molecule has 2 N–H and O–H groups in total. The highest BCUT2D eigenvalue weighted by Gasteiger charge is 2.21. The number of fused-ring (bicyclic) bond motifs is 5. The van der Waals surface area contributed by atoms with E-state index in [0.717, 1.165) is 24.9 Å². The summed E-state index contributed by atoms with van der Waals surface area (Å²) >= 11 is 0. The zero-order valence-electron chi connectivity index (χ0n) is 23.0. The normalized spacial score (nSPS) is 14.0. The average molecular weight is 526 g/mol. The molecule has 200 valence electrons. The van der Waals surface area contributed by atoms with Crippen molar-refractivity contribution >= 4 is 27.1 Å². The number of nitrogens with one attached hydrogen (secondary N) is 2. The van der Waals surface area contributed by atoms with E-state index < -0.39 is 0 Å². The molecule has 1 aromatic heterocycles. The molecule has 4 nitrogen and oxygen atoms in total. The number of hydrogen-bond acceptors (Lipinski definition) is 3. The molecular formula is C36H35N3O. The summed E-state index contributed by atoms with van der Waals surface area (Å²) in [7, 11) is 0. The molecule has 4 aromatic carbocycles. The first-order valence-electron chi connectivity index (χ1n) is 14.3. The summed E-state index contributed by atoms with van der Waals surface area (Å²) in [6.07, 6.45) is 12.2. The van der Waals surface area contributed by atoms with E-state index >= 15 is 0 Å². The van der Waals surface area contributed by atoms with Crippen molar-refractivity contribution in [2.24, 2.45) is 0 Å². The van der Waals surface area contributed by atoms with Crippen molar-refractivity contribution < 1.29 is 0 Å². The molecule has 2 aliphatic carbocycles. The lowest BCUT2D eigenvalue weighted by atomic mass is 9.78. The highest BCUT2D eigenvalue weighted by atomic mass is 16.1. The highest BCUT2D eigenvalue weighted by Crippen LogP contribution is 2.41. The number of nitrogens with zero attached hydrogens (tertiary/aromatic N) is 1. The molecule has 1 heterocycles. The van der Waals surface area contributed by atoms with E-state index in [1.54, 1.807) is 23.4 Å². The van der Waals surface area contributed by atoms with Gasteiger partial charge in [-0.05, 0) is 88.9 Å². The zero-order valence-corrected chi connectivity index (χ0v) is 23.0. The third kappa shape index (κ3) is 5.41. The Morgan fingerprint density at radius 1 is 0.875 bits per heavy atom. The van der Waals surface area contributed by atoms with Crippen molar-refractivity contribution in [3.05, 3.63) is 141 Å². The summed E-state index contributed by atoms with van der Waals surface area (Å²) in [5.41, 5.74) is 10.3. The molecule has 0 fully saturated rings. The molecule has 4 heteroatoms. The van der Waals surface area contributed by atoms with Crippen molar-refractivity contribution in [2.75, 3.05) is 6.54 Å². The van der Waals surface area contributed by atoms with Crippen LogP contribution in [0.4, 0.5) is 0 Å². The third-order valence-corrected chi connectivity index (χ3v) is 8.02. The van der Waals surface area contributed by atoms with Crippen LogP contribution in [0.2, 0.25) is 0 Å². The molecule has 0 radical (unpaired) electrons. The number of hydrogen-bond donors (Lipinski definition) is 2. The quantitative estimate of drug-likeness (QED) is 0.250. The first-order chi connectivity index (χ1) is 19.7. The molecule has 40 heavy (non-hydrogen) atoms. The monoisotopic (exact) mass is 525 g/mol. The van der Waals surface area contributed by atoms with Gasteiger partial charge in [0.2, 0.25) is 0 Å². The fraction of sp³-hybridized carbons (Fsp3) is 0.222. The van der Waals surface area contributed by atoms with E-state index in [2.05, 4.69) is 89.2 Å². The number of benzene rings is 4. The smallest absolute Gasteiger partial charge is 0.272 e. The first-order valence-corrected chi connectivity index (χ1v) is 14.3. The Kier molecular flexibility index (Phi) is 7.69. The lowest BCUT2D eigenvalue weighted by Gasteiger charge is -2.26. The van der Waals surface area contributed by atoms with Crippen molar-refractivity contribution in [1.29, 1.82) is 0 Å². The van der Waals surface area contributed by atoms with E-state index in [4.69, 9.17) is 0 Å². The highest BCUT2D eigenvalue weighted by molar-refractivity contribution is 5.96. The van der Waals surface area contributed by atoms with Crippen LogP contribution >= 0.6 is 0 Å². The van der Waals surface area contributed by atoms with Gasteiger partial charge in [-0.15, -0.1) is 0 Å². The van der Waals surface area contributed by atoms with Crippen molar-refractivity contribution in [3.8, 4) is 0 Å². The van der Waals surface area contributed by atoms with Gasteiger partial charge in [-0.3, -0.25) is 4.79 Å². The number of aromatic nitrogens is 2. The van der Waals surface area contributed by atoms with E-state index in [1.807, 2.05) is 18.2 Å². The van der Waals surface area contributed by atoms with Gasteiger partial charge in [-0.2, -0.15) is 5.10 Å². The molecule has 0 spiro atoms. The van der Waals surface area contributed by atoms with Crippen molar-refractivity contribution in [1.82, 2.24) is 15.5 Å². The molecule has 0 bridgehead atoms. The average Bonchev–Trinajstić information content (AvgIpc) is 3.00. The van der Waals surface area contributed by atoms with Crippen LogP contribution in [0.1, 0.15) is 54.0 Å². The SMILES string of the molecule is CCNCc1cccc(Cc2cccc3ccc4c(c23)CCC2=C4C=CCC2)c1.O=c1[nH]ncc2ccccc12. The maximum absolute atomic E-state index is 11.1. The van der Waals surface area contributed by atoms with Gasteiger partial charge in [0.05, 0.1) is 6.20 Å². The van der Waals surface area contributed by atoms with Crippen LogP contribution < -0.4 is 10.9 Å². The molecule has 0 saturated heterocycles. The standard InChI is InChI=1S/C28H29N.C8H6N2O/c1-2-29-19-21-8-5-7-20(17-21)18-24-11-6-10-23-14-15-26-25-12-4-3-9-22(25)13-16-27(26)28(23)24;11-8-7-4-2-1-3-6(7)5-9-10-8/h4-8,10-12,14-15,17,29H,2-3,9,13,16,18-19H2,1H3;1-5H,(H,10,11). The van der Waals surface area contributed by atoms with Gasteiger partial charge in [-0.25, -0.2) is 5.10 Å². The predicted octanol–water partition coefficient (Wildman–Crippen LogP) is 7.51. The lowest BCUT2D eigenvalue weighted by Crippen LogP contribution is -2.11. The van der Waals surface area contributed by atoms with Crippen LogP contribution in [-0.4, -0.2) is 16.7 Å². The van der Waals surface area contributed by atoms with Crippen molar-refractivity contribution in [3.63, 3.8) is 0 Å². The van der Waals surface area contributed by atoms with Gasteiger partial charge < -0.3 is 5.32 Å². The van der Waals surface area contributed by atoms with Crippen LogP contribution in [0.3, 0.4) is 0 Å². The van der Waals surface area contributed by atoms with Crippen LogP contribution in [0.15, 0.2) is 108 Å². The molecule has 7 rings (SSSR count). The molecule has 0 atom stereocenters. The minimum atomic E-state index is -0.136. The summed E-state index contributed by atoms with van der Waals surface area (Å²) in [6.45, 7) is 4.11. The van der Waals surface area contributed by atoms with Crippen molar-refractivity contribution in [2.45, 2.75) is 45.6 Å². The summed E-state index contributed by atoms with van der Waals surface area (Å²) < 4.78 is 0. The Hall–Kier alpha value is -4.28. The van der Waals surface area contributed by atoms with E-state index in [-0.39, 0.29) is 5.56 Å². The van der Waals surface area contributed by atoms with E-state index in [0.29, 0.717) is 5.39 Å². The lowest BCUT2D eigenvalue weighted by molar-refractivity contribution is 0.726. The Bertz CT molecular complexity index is 1790. The second-order valence-corrected chi connectivity index (χ2v) is 10.6. The molecule has 0 amide bonds. The molecule has 5 aromatic rings. The van der Waals surface area contributed by atoms with Crippen LogP contribution in [0.5, 0.6) is 0 Å².